The summed E-state index contributed by atoms with van der Waals surface area (Å²) in [6.45, 7) is 6.62. The van der Waals surface area contributed by atoms with E-state index in [0.29, 0.717) is 30.0 Å². The van der Waals surface area contributed by atoms with E-state index in [-0.39, 0.29) is 16.6 Å². The lowest BCUT2D eigenvalue weighted by molar-refractivity contribution is 0.0952. The lowest BCUT2D eigenvalue weighted by Gasteiger charge is -2.12. The number of hydrogen-bond acceptors (Lipinski definition) is 3. The minimum Gasteiger partial charge on any atom is -0.348 e. The molecule has 0 aliphatic heterocycles. The van der Waals surface area contributed by atoms with Crippen LogP contribution < -0.4 is 10.6 Å². The van der Waals surface area contributed by atoms with Gasteiger partial charge in [-0.05, 0) is 44.0 Å². The fourth-order valence-corrected chi connectivity index (χ4v) is 4.06. The van der Waals surface area contributed by atoms with Gasteiger partial charge in [-0.3, -0.25) is 9.59 Å². The SMILES string of the molecule is Cc1ccc(CNC(=O)c2ccccc2NC(=O)c2c(C)nn(Cc3ccc(C)cc3)c2Cl)cc1. The fourth-order valence-electron chi connectivity index (χ4n) is 3.74. The summed E-state index contributed by atoms with van der Waals surface area (Å²) in [4.78, 5) is 26.1. The number of aryl methyl sites for hydroxylation is 3. The molecule has 4 rings (SSSR count). The molecule has 1 heterocycles. The Labute approximate surface area is 209 Å². The minimum atomic E-state index is -0.415. The van der Waals surface area contributed by atoms with Crippen LogP contribution in [0, 0.1) is 20.8 Å². The quantitative estimate of drug-likeness (QED) is 0.352. The number of nitrogens with one attached hydrogen (secondary N) is 2. The Balaban J connectivity index is 1.49. The van der Waals surface area contributed by atoms with E-state index in [2.05, 4.69) is 15.7 Å². The van der Waals surface area contributed by atoms with Crippen LogP contribution in [0.2, 0.25) is 5.15 Å². The van der Waals surface area contributed by atoms with Crippen molar-refractivity contribution in [2.24, 2.45) is 0 Å². The van der Waals surface area contributed by atoms with Crippen molar-refractivity contribution in [3.8, 4) is 0 Å². The number of para-hydroxylation sites is 1. The highest BCUT2D eigenvalue weighted by molar-refractivity contribution is 6.33. The van der Waals surface area contributed by atoms with Gasteiger partial charge in [0, 0.05) is 6.54 Å². The first-order valence-electron chi connectivity index (χ1n) is 11.3. The number of carbonyl (C=O) groups is 2. The van der Waals surface area contributed by atoms with Gasteiger partial charge in [-0.15, -0.1) is 0 Å². The van der Waals surface area contributed by atoms with Gasteiger partial charge in [0.15, 0.2) is 0 Å². The standard InChI is InChI=1S/C28H27ClN4O2/c1-18-8-12-21(13-9-18)16-30-27(34)23-6-4-5-7-24(23)31-28(35)25-20(3)32-33(26(25)29)17-22-14-10-19(2)11-15-22/h4-15H,16-17H2,1-3H3,(H,30,34)(H,31,35). The second kappa shape index (κ2) is 10.6. The highest BCUT2D eigenvalue weighted by Gasteiger charge is 2.22. The van der Waals surface area contributed by atoms with Crippen molar-refractivity contribution >= 4 is 29.1 Å². The highest BCUT2D eigenvalue weighted by atomic mass is 35.5. The van der Waals surface area contributed by atoms with E-state index < -0.39 is 5.91 Å². The van der Waals surface area contributed by atoms with E-state index in [9.17, 15) is 9.59 Å². The van der Waals surface area contributed by atoms with E-state index in [1.165, 1.54) is 0 Å². The first-order valence-corrected chi connectivity index (χ1v) is 11.7. The Morgan fingerprint density at radius 1 is 0.829 bits per heavy atom. The van der Waals surface area contributed by atoms with Gasteiger partial charge in [0.05, 0.1) is 29.1 Å². The molecule has 0 bridgehead atoms. The summed E-state index contributed by atoms with van der Waals surface area (Å²) in [7, 11) is 0. The summed E-state index contributed by atoms with van der Waals surface area (Å²) in [6, 6.07) is 22.9. The van der Waals surface area contributed by atoms with Crippen LogP contribution in [0.1, 0.15) is 48.7 Å². The maximum absolute atomic E-state index is 13.2. The number of hydrogen-bond donors (Lipinski definition) is 2. The predicted octanol–water partition coefficient (Wildman–Crippen LogP) is 5.69. The van der Waals surface area contributed by atoms with Crippen LogP contribution in [0.5, 0.6) is 0 Å². The van der Waals surface area contributed by atoms with Crippen LogP contribution in [-0.2, 0) is 13.1 Å². The number of nitrogens with zero attached hydrogens (tertiary/aromatic N) is 2. The zero-order valence-electron chi connectivity index (χ0n) is 19.9. The molecule has 0 saturated carbocycles. The smallest absolute Gasteiger partial charge is 0.260 e. The summed E-state index contributed by atoms with van der Waals surface area (Å²) in [6.07, 6.45) is 0. The van der Waals surface area contributed by atoms with Crippen LogP contribution >= 0.6 is 11.6 Å². The lowest BCUT2D eigenvalue weighted by Crippen LogP contribution is -2.25. The molecule has 3 aromatic carbocycles. The Hall–Kier alpha value is -3.90. The number of halogens is 1. The molecular weight excluding hydrogens is 460 g/mol. The molecule has 0 aliphatic rings. The molecule has 4 aromatic rings. The molecule has 0 saturated heterocycles. The minimum absolute atomic E-state index is 0.252. The van der Waals surface area contributed by atoms with Crippen LogP contribution in [0.4, 0.5) is 5.69 Å². The first kappa shape index (κ1) is 24.2. The monoisotopic (exact) mass is 486 g/mol. The van der Waals surface area contributed by atoms with Crippen LogP contribution in [-0.4, -0.2) is 21.6 Å². The van der Waals surface area contributed by atoms with Crippen molar-refractivity contribution in [1.29, 1.82) is 0 Å². The summed E-state index contributed by atoms with van der Waals surface area (Å²) in [5.74, 6) is -0.694. The largest absolute Gasteiger partial charge is 0.348 e. The Morgan fingerprint density at radius 2 is 1.43 bits per heavy atom. The molecular formula is C28H27ClN4O2. The van der Waals surface area contributed by atoms with Crippen LogP contribution in [0.15, 0.2) is 72.8 Å². The number of carbonyl (C=O) groups excluding carboxylic acids is 2. The number of anilines is 1. The van der Waals surface area contributed by atoms with E-state index in [1.807, 2.05) is 62.4 Å². The van der Waals surface area contributed by atoms with Crippen molar-refractivity contribution in [2.45, 2.75) is 33.9 Å². The predicted molar refractivity (Wildman–Crippen MR) is 139 cm³/mol. The summed E-state index contributed by atoms with van der Waals surface area (Å²) < 4.78 is 1.61. The van der Waals surface area contributed by atoms with Gasteiger partial charge >= 0.3 is 0 Å². The molecule has 0 unspecified atom stereocenters. The fraction of sp³-hybridized carbons (Fsp3) is 0.179. The van der Waals surface area contributed by atoms with Crippen molar-refractivity contribution in [1.82, 2.24) is 15.1 Å². The number of amides is 2. The molecule has 0 radical (unpaired) electrons. The highest BCUT2D eigenvalue weighted by Crippen LogP contribution is 2.24. The first-order chi connectivity index (χ1) is 16.8. The molecule has 178 valence electrons. The van der Waals surface area contributed by atoms with Crippen molar-refractivity contribution in [3.63, 3.8) is 0 Å². The maximum atomic E-state index is 13.2. The number of benzene rings is 3. The molecule has 1 aromatic heterocycles. The molecule has 0 fully saturated rings. The second-order valence-electron chi connectivity index (χ2n) is 8.56. The molecule has 0 aliphatic carbocycles. The molecule has 0 spiro atoms. The summed E-state index contributed by atoms with van der Waals surface area (Å²) in [5.41, 5.74) is 5.92. The maximum Gasteiger partial charge on any atom is 0.260 e. The summed E-state index contributed by atoms with van der Waals surface area (Å²) >= 11 is 6.56. The van der Waals surface area contributed by atoms with Gasteiger partial charge in [0.1, 0.15) is 5.15 Å². The van der Waals surface area contributed by atoms with Crippen molar-refractivity contribution in [2.75, 3.05) is 5.32 Å². The Morgan fingerprint density at radius 3 is 2.09 bits per heavy atom. The Bertz CT molecular complexity index is 1360. The third kappa shape index (κ3) is 5.78. The lowest BCUT2D eigenvalue weighted by atomic mass is 10.1. The molecule has 2 amide bonds. The third-order valence-electron chi connectivity index (χ3n) is 5.74. The van der Waals surface area contributed by atoms with E-state index in [0.717, 1.165) is 22.3 Å². The average molecular weight is 487 g/mol. The van der Waals surface area contributed by atoms with E-state index in [1.54, 1.807) is 35.9 Å². The van der Waals surface area contributed by atoms with Crippen LogP contribution in [0.3, 0.4) is 0 Å². The van der Waals surface area contributed by atoms with E-state index >= 15 is 0 Å². The van der Waals surface area contributed by atoms with Gasteiger partial charge in [-0.2, -0.15) is 5.10 Å². The third-order valence-corrected chi connectivity index (χ3v) is 6.12. The summed E-state index contributed by atoms with van der Waals surface area (Å²) in [5, 5.41) is 10.5. The normalized spacial score (nSPS) is 10.7. The van der Waals surface area contributed by atoms with E-state index in [4.69, 9.17) is 11.6 Å². The van der Waals surface area contributed by atoms with Gasteiger partial charge in [0.2, 0.25) is 0 Å². The topological polar surface area (TPSA) is 76.0 Å². The van der Waals surface area contributed by atoms with Crippen molar-refractivity contribution in [3.05, 3.63) is 117 Å². The van der Waals surface area contributed by atoms with Crippen LogP contribution in [0.25, 0.3) is 0 Å². The molecule has 2 N–H and O–H groups in total. The van der Waals surface area contributed by atoms with Gasteiger partial charge in [0.25, 0.3) is 11.8 Å². The van der Waals surface area contributed by atoms with Gasteiger partial charge < -0.3 is 10.6 Å². The van der Waals surface area contributed by atoms with Gasteiger partial charge in [-0.25, -0.2) is 4.68 Å². The number of aromatic nitrogens is 2. The van der Waals surface area contributed by atoms with Gasteiger partial charge in [-0.1, -0.05) is 83.4 Å². The molecule has 6 nitrogen and oxygen atoms in total. The van der Waals surface area contributed by atoms with Crippen molar-refractivity contribution < 1.29 is 9.59 Å². The molecule has 35 heavy (non-hydrogen) atoms. The Kier molecular flexibility index (Phi) is 7.32. The zero-order valence-corrected chi connectivity index (χ0v) is 20.7. The number of rotatable bonds is 7. The molecule has 0 atom stereocenters. The molecule has 7 heteroatoms. The zero-order chi connectivity index (χ0) is 24.9. The second-order valence-corrected chi connectivity index (χ2v) is 8.92. The average Bonchev–Trinajstić information content (AvgIpc) is 3.12.